The second-order valence-electron chi connectivity index (χ2n) is 8.01. The molecule has 1 aliphatic heterocycles. The fourth-order valence-corrected chi connectivity index (χ4v) is 3.81. The molecule has 3 aromatic rings. The fraction of sp³-hybridized carbons (Fsp3) is 0.333. The Morgan fingerprint density at radius 3 is 2.77 bits per heavy atom. The van der Waals surface area contributed by atoms with Crippen LogP contribution >= 0.6 is 0 Å². The lowest BCUT2D eigenvalue weighted by Crippen LogP contribution is -2.39. The molecule has 7 heteroatoms. The number of hydrogen-bond donors (Lipinski definition) is 1. The standard InChI is InChI=1S/C24H26N4O3/c1-15-7-8-19(12-16(15)2)31-17(3)24(30)28-11-9-18(14-28)21-13-22(29)27-23(26-21)20-6-4-5-10-25-20/h4-8,10,12-13,17-18H,9,11,14H2,1-3H3,(H,26,27,29)/t17-,18-/m0/s1. The minimum absolute atomic E-state index is 0.00234. The average molecular weight is 418 g/mol. The zero-order valence-electron chi connectivity index (χ0n) is 18.0. The van der Waals surface area contributed by atoms with E-state index < -0.39 is 6.10 Å². The summed E-state index contributed by atoms with van der Waals surface area (Å²) in [7, 11) is 0. The van der Waals surface area contributed by atoms with E-state index in [-0.39, 0.29) is 17.4 Å². The Hall–Kier alpha value is -3.48. The van der Waals surface area contributed by atoms with Crippen molar-refractivity contribution in [2.24, 2.45) is 0 Å². The van der Waals surface area contributed by atoms with Gasteiger partial charge in [0.1, 0.15) is 11.4 Å². The van der Waals surface area contributed by atoms with Crippen molar-refractivity contribution in [3.63, 3.8) is 0 Å². The van der Waals surface area contributed by atoms with E-state index in [9.17, 15) is 9.59 Å². The molecule has 0 radical (unpaired) electrons. The number of nitrogens with zero attached hydrogens (tertiary/aromatic N) is 3. The molecule has 2 aromatic heterocycles. The lowest BCUT2D eigenvalue weighted by molar-refractivity contribution is -0.136. The van der Waals surface area contributed by atoms with Gasteiger partial charge >= 0.3 is 0 Å². The Labute approximate surface area is 181 Å². The Kier molecular flexibility index (Phi) is 5.84. The maximum Gasteiger partial charge on any atom is 0.263 e. The smallest absolute Gasteiger partial charge is 0.263 e. The number of nitrogens with one attached hydrogen (secondary N) is 1. The minimum atomic E-state index is -0.586. The van der Waals surface area contributed by atoms with E-state index in [0.717, 1.165) is 12.0 Å². The van der Waals surface area contributed by atoms with Gasteiger partial charge in [0.15, 0.2) is 11.9 Å². The van der Waals surface area contributed by atoms with Gasteiger partial charge in [-0.25, -0.2) is 4.98 Å². The third-order valence-electron chi connectivity index (χ3n) is 5.73. The summed E-state index contributed by atoms with van der Waals surface area (Å²) >= 11 is 0. The topological polar surface area (TPSA) is 88.2 Å². The van der Waals surface area contributed by atoms with Crippen molar-refractivity contribution in [1.29, 1.82) is 0 Å². The summed E-state index contributed by atoms with van der Waals surface area (Å²) in [4.78, 5) is 38.6. The van der Waals surface area contributed by atoms with Gasteiger partial charge < -0.3 is 14.6 Å². The molecule has 0 spiro atoms. The first-order valence-electron chi connectivity index (χ1n) is 10.5. The molecule has 1 aromatic carbocycles. The third kappa shape index (κ3) is 4.66. The number of pyridine rings is 1. The molecule has 7 nitrogen and oxygen atoms in total. The highest BCUT2D eigenvalue weighted by molar-refractivity contribution is 5.81. The van der Waals surface area contributed by atoms with E-state index in [0.29, 0.717) is 36.1 Å². The Morgan fingerprint density at radius 2 is 2.03 bits per heavy atom. The van der Waals surface area contributed by atoms with E-state index in [4.69, 9.17) is 4.74 Å². The second kappa shape index (κ2) is 8.71. The molecule has 1 aliphatic rings. The number of benzene rings is 1. The van der Waals surface area contributed by atoms with E-state index in [1.807, 2.05) is 44.2 Å². The molecule has 3 heterocycles. The molecule has 1 amide bonds. The first kappa shape index (κ1) is 20.8. The number of amides is 1. The number of rotatable bonds is 5. The van der Waals surface area contributed by atoms with E-state index in [1.165, 1.54) is 11.6 Å². The zero-order valence-corrected chi connectivity index (χ0v) is 18.0. The van der Waals surface area contributed by atoms with Crippen molar-refractivity contribution in [3.05, 3.63) is 75.8 Å². The first-order valence-corrected chi connectivity index (χ1v) is 10.5. The molecule has 0 saturated carbocycles. The maximum atomic E-state index is 12.9. The normalized spacial score (nSPS) is 16.9. The van der Waals surface area contributed by atoms with Crippen LogP contribution in [0.5, 0.6) is 5.75 Å². The van der Waals surface area contributed by atoms with Crippen molar-refractivity contribution < 1.29 is 9.53 Å². The van der Waals surface area contributed by atoms with Crippen molar-refractivity contribution in [2.75, 3.05) is 13.1 Å². The Morgan fingerprint density at radius 1 is 1.19 bits per heavy atom. The number of aryl methyl sites for hydroxylation is 2. The first-order chi connectivity index (χ1) is 14.9. The maximum absolute atomic E-state index is 12.9. The van der Waals surface area contributed by atoms with Crippen LogP contribution in [0.2, 0.25) is 0 Å². The predicted molar refractivity (Wildman–Crippen MR) is 118 cm³/mol. The number of carbonyl (C=O) groups is 1. The summed E-state index contributed by atoms with van der Waals surface area (Å²) in [5.41, 5.74) is 3.39. The second-order valence-corrected chi connectivity index (χ2v) is 8.01. The highest BCUT2D eigenvalue weighted by atomic mass is 16.5. The van der Waals surface area contributed by atoms with Crippen molar-refractivity contribution >= 4 is 5.91 Å². The van der Waals surface area contributed by atoms with E-state index >= 15 is 0 Å². The number of aromatic nitrogens is 3. The minimum Gasteiger partial charge on any atom is -0.481 e. The molecule has 0 unspecified atom stereocenters. The third-order valence-corrected chi connectivity index (χ3v) is 5.73. The molecule has 160 valence electrons. The van der Waals surface area contributed by atoms with Gasteiger partial charge in [-0.05, 0) is 62.6 Å². The highest BCUT2D eigenvalue weighted by Crippen LogP contribution is 2.27. The van der Waals surface area contributed by atoms with E-state index in [1.54, 1.807) is 24.1 Å². The largest absolute Gasteiger partial charge is 0.481 e. The summed E-state index contributed by atoms with van der Waals surface area (Å²) in [6.07, 6.45) is 1.83. The van der Waals surface area contributed by atoms with Gasteiger partial charge in [-0.2, -0.15) is 0 Å². The highest BCUT2D eigenvalue weighted by Gasteiger charge is 2.32. The van der Waals surface area contributed by atoms with Gasteiger partial charge in [-0.1, -0.05) is 12.1 Å². The summed E-state index contributed by atoms with van der Waals surface area (Å²) in [6.45, 7) is 6.96. The van der Waals surface area contributed by atoms with Crippen LogP contribution in [0.25, 0.3) is 11.5 Å². The fourth-order valence-electron chi connectivity index (χ4n) is 3.81. The number of aromatic amines is 1. The quantitative estimate of drug-likeness (QED) is 0.687. The molecular formula is C24H26N4O3. The van der Waals surface area contributed by atoms with Crippen molar-refractivity contribution in [1.82, 2.24) is 19.9 Å². The van der Waals surface area contributed by atoms with Crippen LogP contribution in [0, 0.1) is 13.8 Å². The number of hydrogen-bond acceptors (Lipinski definition) is 5. The molecule has 31 heavy (non-hydrogen) atoms. The number of H-pyrrole nitrogens is 1. The van der Waals surface area contributed by atoms with Crippen molar-refractivity contribution in [3.8, 4) is 17.3 Å². The molecule has 0 aliphatic carbocycles. The summed E-state index contributed by atoms with van der Waals surface area (Å²) in [6, 6.07) is 12.8. The number of likely N-dealkylation sites (tertiary alicyclic amines) is 1. The van der Waals surface area contributed by atoms with Gasteiger partial charge in [0.2, 0.25) is 0 Å². The van der Waals surface area contributed by atoms with Crippen LogP contribution in [-0.2, 0) is 4.79 Å². The number of ether oxygens (including phenoxy) is 1. The lowest BCUT2D eigenvalue weighted by Gasteiger charge is -2.22. The Balaban J connectivity index is 1.45. The molecule has 0 bridgehead atoms. The van der Waals surface area contributed by atoms with Gasteiger partial charge in [-0.15, -0.1) is 0 Å². The molecule has 1 N–H and O–H groups in total. The van der Waals surface area contributed by atoms with Crippen LogP contribution in [0.3, 0.4) is 0 Å². The molecule has 1 saturated heterocycles. The zero-order chi connectivity index (χ0) is 22.0. The summed E-state index contributed by atoms with van der Waals surface area (Å²) < 4.78 is 5.89. The van der Waals surface area contributed by atoms with Crippen LogP contribution in [0.4, 0.5) is 0 Å². The molecule has 4 rings (SSSR count). The lowest BCUT2D eigenvalue weighted by atomic mass is 10.0. The van der Waals surface area contributed by atoms with Crippen LogP contribution in [-0.4, -0.2) is 45.0 Å². The monoisotopic (exact) mass is 418 g/mol. The van der Waals surface area contributed by atoms with Crippen LogP contribution in [0.1, 0.15) is 36.1 Å². The van der Waals surface area contributed by atoms with E-state index in [2.05, 4.69) is 15.0 Å². The van der Waals surface area contributed by atoms with Crippen LogP contribution in [0.15, 0.2) is 53.5 Å². The predicted octanol–water partition coefficient (Wildman–Crippen LogP) is 3.23. The SMILES string of the molecule is Cc1ccc(O[C@@H](C)C(=O)N2CC[C@H](c3cc(=O)[nH]c(-c4ccccn4)n3)C2)cc1C. The van der Waals surface area contributed by atoms with Gasteiger partial charge in [0.25, 0.3) is 11.5 Å². The Bertz CT molecular complexity index is 1140. The van der Waals surface area contributed by atoms with Crippen LogP contribution < -0.4 is 10.3 Å². The summed E-state index contributed by atoms with van der Waals surface area (Å²) in [5.74, 6) is 1.08. The van der Waals surface area contributed by atoms with Crippen molar-refractivity contribution in [2.45, 2.75) is 39.2 Å². The van der Waals surface area contributed by atoms with Gasteiger partial charge in [0, 0.05) is 31.3 Å². The summed E-state index contributed by atoms with van der Waals surface area (Å²) in [5, 5.41) is 0. The molecule has 2 atom stereocenters. The molecule has 1 fully saturated rings. The number of carbonyl (C=O) groups excluding carboxylic acids is 1. The van der Waals surface area contributed by atoms with Gasteiger partial charge in [0.05, 0.1) is 5.69 Å². The average Bonchev–Trinajstić information content (AvgIpc) is 3.26. The van der Waals surface area contributed by atoms with Gasteiger partial charge in [-0.3, -0.25) is 14.6 Å². The molecular weight excluding hydrogens is 392 g/mol.